The Morgan fingerprint density at radius 1 is 0.310 bits per heavy atom. The maximum absolute atomic E-state index is 13.7. The molecule has 0 bridgehead atoms. The van der Waals surface area contributed by atoms with Crippen LogP contribution in [0, 0.1) is 23.3 Å². The molecule has 0 radical (unpaired) electrons. The van der Waals surface area contributed by atoms with Gasteiger partial charge in [0.2, 0.25) is 0 Å². The molecule has 280 valence electrons. The average Bonchev–Trinajstić information content (AvgIpc) is 3.25. The van der Waals surface area contributed by atoms with E-state index in [1.807, 2.05) is 48.6 Å². The van der Waals surface area contributed by atoms with Gasteiger partial charge < -0.3 is 0 Å². The molecule has 0 N–H and O–H groups in total. The van der Waals surface area contributed by atoms with Crippen LogP contribution >= 0.6 is 0 Å². The molecule has 0 saturated heterocycles. The Morgan fingerprint density at radius 2 is 0.655 bits per heavy atom. The minimum absolute atomic E-state index is 0.313. The van der Waals surface area contributed by atoms with Gasteiger partial charge in [-0.25, -0.2) is 17.6 Å². The van der Waals surface area contributed by atoms with Gasteiger partial charge in [0, 0.05) is 0 Å². The molecule has 8 aromatic carbocycles. The van der Waals surface area contributed by atoms with Crippen LogP contribution in [0.2, 0.25) is 0 Å². The van der Waals surface area contributed by atoms with Gasteiger partial charge in [0.05, 0.1) is 0 Å². The van der Waals surface area contributed by atoms with Crippen molar-refractivity contribution in [2.45, 2.75) is 0 Å². The van der Waals surface area contributed by atoms with Crippen LogP contribution in [0.1, 0.15) is 55.6 Å². The molecular weight excluding hydrogens is 725 g/mol. The monoisotopic (exact) mass is 760 g/mol. The summed E-state index contributed by atoms with van der Waals surface area (Å²) >= 11 is 0. The summed E-state index contributed by atoms with van der Waals surface area (Å²) < 4.78 is 54.9. The van der Waals surface area contributed by atoms with Gasteiger partial charge in [-0.15, -0.1) is 0 Å². The molecule has 0 fully saturated rings. The number of halogens is 4. The molecule has 8 aromatic rings. The number of rotatable bonds is 10. The zero-order valence-electron chi connectivity index (χ0n) is 31.3. The molecule has 8 rings (SSSR count). The van der Waals surface area contributed by atoms with Gasteiger partial charge in [-0.1, -0.05) is 146 Å². The summed E-state index contributed by atoms with van der Waals surface area (Å²) in [6.07, 6.45) is 12.5. The smallest absolute Gasteiger partial charge is 0.123 e. The van der Waals surface area contributed by atoms with E-state index in [-0.39, 0.29) is 23.3 Å². The summed E-state index contributed by atoms with van der Waals surface area (Å²) in [7, 11) is 0. The Balaban J connectivity index is 1.03. The average molecular weight is 761 g/mol. The molecule has 4 heteroatoms. The molecule has 0 unspecified atom stereocenters. The predicted octanol–water partition coefficient (Wildman–Crippen LogP) is 14.9. The van der Waals surface area contributed by atoms with Crippen molar-refractivity contribution in [3.8, 4) is 0 Å². The Labute approximate surface area is 335 Å². The third-order valence-electron chi connectivity index (χ3n) is 9.96. The normalized spacial score (nSPS) is 11.3. The highest BCUT2D eigenvalue weighted by molar-refractivity contribution is 5.96. The molecular formula is C54H36F4. The van der Waals surface area contributed by atoms with Crippen LogP contribution in [0.4, 0.5) is 17.6 Å². The van der Waals surface area contributed by atoms with Crippen molar-refractivity contribution in [1.82, 2.24) is 0 Å². The van der Waals surface area contributed by atoms with Crippen molar-refractivity contribution in [1.29, 1.82) is 0 Å². The molecule has 0 aromatic heterocycles. The standard InChI is InChI=1S/C54H36F4/c55-48-25-17-42(18-26-48)53(43-19-27-49(56)28-20-43)35-39-10-5-37(6-11-39)9-14-41-33-46-3-1-2-4-52(46)47(34-41)16-15-38-7-12-40(13-8-38)36-54(44-21-29-50(57)30-22-44)45-23-31-51(58)32-24-45/h1-36H/b14-9-,16-15-. The van der Waals surface area contributed by atoms with Crippen LogP contribution in [-0.2, 0) is 0 Å². The number of hydrogen-bond donors (Lipinski definition) is 0. The van der Waals surface area contributed by atoms with Gasteiger partial charge in [0.15, 0.2) is 0 Å². The van der Waals surface area contributed by atoms with Gasteiger partial charge in [0.25, 0.3) is 0 Å². The lowest BCUT2D eigenvalue weighted by Gasteiger charge is -2.10. The zero-order valence-corrected chi connectivity index (χ0v) is 31.3. The van der Waals surface area contributed by atoms with E-state index in [4.69, 9.17) is 0 Å². The van der Waals surface area contributed by atoms with Crippen molar-refractivity contribution in [3.05, 3.63) is 261 Å². The second-order valence-corrected chi connectivity index (χ2v) is 14.0. The lowest BCUT2D eigenvalue weighted by molar-refractivity contribution is 0.627. The molecule has 0 saturated carbocycles. The topological polar surface area (TPSA) is 0 Å². The Hall–Kier alpha value is -7.30. The van der Waals surface area contributed by atoms with Gasteiger partial charge in [-0.2, -0.15) is 0 Å². The Morgan fingerprint density at radius 3 is 1.07 bits per heavy atom. The van der Waals surface area contributed by atoms with E-state index in [1.54, 1.807) is 48.5 Å². The first-order chi connectivity index (χ1) is 28.3. The number of benzene rings is 8. The summed E-state index contributed by atoms with van der Waals surface area (Å²) in [6, 6.07) is 54.3. The van der Waals surface area contributed by atoms with E-state index < -0.39 is 0 Å². The number of fused-ring (bicyclic) bond motifs is 1. The molecule has 58 heavy (non-hydrogen) atoms. The molecule has 0 amide bonds. The van der Waals surface area contributed by atoms with E-state index in [0.29, 0.717) is 0 Å². The van der Waals surface area contributed by atoms with Gasteiger partial charge in [-0.05, 0) is 150 Å². The lowest BCUT2D eigenvalue weighted by Crippen LogP contribution is -1.90. The second-order valence-electron chi connectivity index (χ2n) is 14.0. The fraction of sp³-hybridized carbons (Fsp3) is 0. The zero-order chi connectivity index (χ0) is 39.8. The summed E-state index contributed by atoms with van der Waals surface area (Å²) in [5.74, 6) is -1.25. The van der Waals surface area contributed by atoms with Crippen molar-refractivity contribution in [2.24, 2.45) is 0 Å². The lowest BCUT2D eigenvalue weighted by atomic mass is 9.95. The van der Waals surface area contributed by atoms with Crippen molar-refractivity contribution in [2.75, 3.05) is 0 Å². The van der Waals surface area contributed by atoms with Gasteiger partial charge in [-0.3, -0.25) is 0 Å². The highest BCUT2D eigenvalue weighted by Gasteiger charge is 2.09. The highest BCUT2D eigenvalue weighted by atomic mass is 19.1. The molecule has 0 aliphatic heterocycles. The summed E-state index contributed by atoms with van der Waals surface area (Å²) in [4.78, 5) is 0. The van der Waals surface area contributed by atoms with E-state index in [9.17, 15) is 17.6 Å². The Kier molecular flexibility index (Phi) is 11.2. The Bertz CT molecular complexity index is 2690. The van der Waals surface area contributed by atoms with E-state index in [2.05, 4.69) is 72.8 Å². The fourth-order valence-electron chi connectivity index (χ4n) is 6.90. The van der Waals surface area contributed by atoms with Crippen LogP contribution in [-0.4, -0.2) is 0 Å². The molecule has 0 aliphatic carbocycles. The second kappa shape index (κ2) is 17.2. The van der Waals surface area contributed by atoms with Crippen LogP contribution in [0.15, 0.2) is 182 Å². The van der Waals surface area contributed by atoms with E-state index >= 15 is 0 Å². The van der Waals surface area contributed by atoms with Crippen LogP contribution in [0.25, 0.3) is 58.4 Å². The minimum atomic E-state index is -0.313. The molecule has 0 atom stereocenters. The van der Waals surface area contributed by atoms with Crippen LogP contribution in [0.3, 0.4) is 0 Å². The summed E-state index contributed by atoms with van der Waals surface area (Å²) in [6.45, 7) is 0. The molecule has 0 spiro atoms. The third-order valence-corrected chi connectivity index (χ3v) is 9.96. The van der Waals surface area contributed by atoms with Gasteiger partial charge in [0.1, 0.15) is 23.3 Å². The number of hydrogen-bond acceptors (Lipinski definition) is 0. The van der Waals surface area contributed by atoms with E-state index in [1.165, 1.54) is 48.5 Å². The highest BCUT2D eigenvalue weighted by Crippen LogP contribution is 2.30. The summed E-state index contributed by atoms with van der Waals surface area (Å²) in [5.41, 5.74) is 11.2. The first-order valence-corrected chi connectivity index (χ1v) is 18.9. The first-order valence-electron chi connectivity index (χ1n) is 18.9. The SMILES string of the molecule is Fc1ccc(C(=Cc2ccc(/C=C\c3cc(/C=C\c4ccc(C=C(c5ccc(F)cc5)c5ccc(F)cc5)cc4)c4ccccc4c3)cc2)c2ccc(F)cc2)cc1. The first kappa shape index (κ1) is 37.6. The largest absolute Gasteiger partial charge is 0.207 e. The third kappa shape index (κ3) is 9.21. The fourth-order valence-corrected chi connectivity index (χ4v) is 6.90. The molecule has 0 nitrogen and oxygen atoms in total. The van der Waals surface area contributed by atoms with Crippen molar-refractivity contribution >= 4 is 58.4 Å². The maximum Gasteiger partial charge on any atom is 0.123 e. The quantitative estimate of drug-likeness (QED) is 0.0962. The maximum atomic E-state index is 13.7. The van der Waals surface area contributed by atoms with Crippen LogP contribution < -0.4 is 0 Å². The van der Waals surface area contributed by atoms with Crippen molar-refractivity contribution in [3.63, 3.8) is 0 Å². The molecule has 0 aliphatic rings. The van der Waals surface area contributed by atoms with Crippen LogP contribution in [0.5, 0.6) is 0 Å². The molecule has 0 heterocycles. The minimum Gasteiger partial charge on any atom is -0.207 e. The van der Waals surface area contributed by atoms with Crippen molar-refractivity contribution < 1.29 is 17.6 Å². The summed E-state index contributed by atoms with van der Waals surface area (Å²) in [5, 5.41) is 2.28. The van der Waals surface area contributed by atoms with E-state index in [0.717, 1.165) is 77.6 Å². The van der Waals surface area contributed by atoms with Gasteiger partial charge >= 0.3 is 0 Å². The predicted molar refractivity (Wildman–Crippen MR) is 234 cm³/mol.